The second-order valence-corrected chi connectivity index (χ2v) is 4.64. The van der Waals surface area contributed by atoms with Gasteiger partial charge >= 0.3 is 0 Å². The quantitative estimate of drug-likeness (QED) is 0.656. The normalized spacial score (nSPS) is 12.2. The highest BCUT2D eigenvalue weighted by atomic mass is 35.5. The second-order valence-electron chi connectivity index (χ2n) is 4.24. The summed E-state index contributed by atoms with van der Waals surface area (Å²) in [5, 5.41) is 0.335. The van der Waals surface area contributed by atoms with Crippen LogP contribution in [0.25, 0.3) is 0 Å². The van der Waals surface area contributed by atoms with Crippen LogP contribution < -0.4 is 16.0 Å². The van der Waals surface area contributed by atoms with Gasteiger partial charge in [-0.3, -0.25) is 5.84 Å². The van der Waals surface area contributed by atoms with Crippen molar-refractivity contribution in [2.45, 2.75) is 13.0 Å². The Morgan fingerprint density at radius 2 is 1.95 bits per heavy atom. The molecule has 3 N–H and O–H groups in total. The molecule has 0 bridgehead atoms. The fourth-order valence-electron chi connectivity index (χ4n) is 2.06. The highest BCUT2D eigenvalue weighted by Gasteiger charge is 2.19. The molecular weight excluding hydrogens is 279 g/mol. The van der Waals surface area contributed by atoms with Crippen molar-refractivity contribution in [3.05, 3.63) is 64.4 Å². The Morgan fingerprint density at radius 1 is 1.25 bits per heavy atom. The van der Waals surface area contributed by atoms with Gasteiger partial charge in [-0.1, -0.05) is 29.8 Å². The molecule has 2 rings (SSSR count). The van der Waals surface area contributed by atoms with Crippen LogP contribution in [-0.4, -0.2) is 6.61 Å². The van der Waals surface area contributed by atoms with Crippen LogP contribution in [0.4, 0.5) is 4.39 Å². The van der Waals surface area contributed by atoms with Crippen LogP contribution in [0, 0.1) is 5.82 Å². The Balaban J connectivity index is 2.37. The van der Waals surface area contributed by atoms with Crippen molar-refractivity contribution in [1.29, 1.82) is 0 Å². The summed E-state index contributed by atoms with van der Waals surface area (Å²) < 4.78 is 19.3. The van der Waals surface area contributed by atoms with Crippen molar-refractivity contribution in [2.24, 2.45) is 5.84 Å². The van der Waals surface area contributed by atoms with Gasteiger partial charge in [0.2, 0.25) is 0 Å². The van der Waals surface area contributed by atoms with Crippen LogP contribution in [0.1, 0.15) is 24.1 Å². The van der Waals surface area contributed by atoms with Gasteiger partial charge in [-0.15, -0.1) is 0 Å². The van der Waals surface area contributed by atoms with Gasteiger partial charge in [-0.25, -0.2) is 9.82 Å². The molecule has 0 spiro atoms. The first-order valence-corrected chi connectivity index (χ1v) is 6.68. The van der Waals surface area contributed by atoms with E-state index in [9.17, 15) is 4.39 Å². The molecule has 0 aliphatic carbocycles. The molecule has 0 radical (unpaired) electrons. The van der Waals surface area contributed by atoms with Gasteiger partial charge in [0.05, 0.1) is 12.6 Å². The minimum atomic E-state index is -0.514. The average molecular weight is 295 g/mol. The lowest BCUT2D eigenvalue weighted by atomic mass is 9.98. The molecule has 1 unspecified atom stereocenters. The highest BCUT2D eigenvalue weighted by Crippen LogP contribution is 2.30. The smallest absolute Gasteiger partial charge is 0.129 e. The van der Waals surface area contributed by atoms with E-state index in [4.69, 9.17) is 22.2 Å². The number of ether oxygens (including phenoxy) is 1. The number of rotatable bonds is 5. The molecule has 3 nitrogen and oxygen atoms in total. The minimum absolute atomic E-state index is 0.334. The molecule has 20 heavy (non-hydrogen) atoms. The van der Waals surface area contributed by atoms with E-state index in [2.05, 4.69) is 5.43 Å². The van der Waals surface area contributed by atoms with Crippen molar-refractivity contribution in [1.82, 2.24) is 5.43 Å². The van der Waals surface area contributed by atoms with Crippen molar-refractivity contribution in [3.63, 3.8) is 0 Å². The Hall–Kier alpha value is -1.62. The van der Waals surface area contributed by atoms with Crippen molar-refractivity contribution < 1.29 is 9.13 Å². The summed E-state index contributed by atoms with van der Waals surface area (Å²) in [5.74, 6) is 5.93. The van der Waals surface area contributed by atoms with E-state index in [1.807, 2.05) is 31.2 Å². The zero-order valence-electron chi connectivity index (χ0n) is 11.1. The predicted molar refractivity (Wildman–Crippen MR) is 78.2 cm³/mol. The lowest BCUT2D eigenvalue weighted by Gasteiger charge is -2.19. The number of hydrogen-bond acceptors (Lipinski definition) is 3. The predicted octanol–water partition coefficient (Wildman–Crippen LogP) is 3.43. The van der Waals surface area contributed by atoms with Crippen LogP contribution in [0.3, 0.4) is 0 Å². The number of benzene rings is 2. The van der Waals surface area contributed by atoms with Gasteiger partial charge in [0.15, 0.2) is 0 Å². The summed E-state index contributed by atoms with van der Waals surface area (Å²) in [6, 6.07) is 11.3. The number of halogens is 2. The summed E-state index contributed by atoms with van der Waals surface area (Å²) in [5.41, 5.74) is 3.74. The van der Waals surface area contributed by atoms with Crippen molar-refractivity contribution in [3.8, 4) is 5.75 Å². The molecule has 0 saturated heterocycles. The van der Waals surface area contributed by atoms with E-state index >= 15 is 0 Å². The third-order valence-corrected chi connectivity index (χ3v) is 3.31. The molecule has 0 saturated carbocycles. The van der Waals surface area contributed by atoms with Crippen molar-refractivity contribution in [2.75, 3.05) is 6.61 Å². The molecule has 0 aliphatic heterocycles. The first kappa shape index (κ1) is 14.8. The molecule has 0 aliphatic rings. The van der Waals surface area contributed by atoms with Gasteiger partial charge in [0, 0.05) is 10.6 Å². The molecule has 0 fully saturated rings. The molecule has 0 aromatic heterocycles. The zero-order valence-corrected chi connectivity index (χ0v) is 11.8. The first-order chi connectivity index (χ1) is 9.67. The largest absolute Gasteiger partial charge is 0.494 e. The van der Waals surface area contributed by atoms with E-state index < -0.39 is 11.9 Å². The first-order valence-electron chi connectivity index (χ1n) is 6.30. The number of nitrogens with two attached hydrogens (primary N) is 1. The Kier molecular flexibility index (Phi) is 4.95. The summed E-state index contributed by atoms with van der Waals surface area (Å²) >= 11 is 6.07. The number of hydrazine groups is 1. The fourth-order valence-corrected chi connectivity index (χ4v) is 2.33. The highest BCUT2D eigenvalue weighted by molar-refractivity contribution is 6.31. The summed E-state index contributed by atoms with van der Waals surface area (Å²) in [6.07, 6.45) is 0. The average Bonchev–Trinajstić information content (AvgIpc) is 2.45. The molecule has 5 heteroatoms. The van der Waals surface area contributed by atoms with Crippen LogP contribution in [0.2, 0.25) is 5.02 Å². The van der Waals surface area contributed by atoms with E-state index in [-0.39, 0.29) is 0 Å². The van der Waals surface area contributed by atoms with Crippen LogP contribution in [0.5, 0.6) is 5.75 Å². The van der Waals surface area contributed by atoms with E-state index in [0.29, 0.717) is 17.2 Å². The molecule has 2 aromatic carbocycles. The third kappa shape index (κ3) is 3.10. The van der Waals surface area contributed by atoms with E-state index in [0.717, 1.165) is 11.3 Å². The molecule has 0 amide bonds. The maximum atomic E-state index is 14.0. The summed E-state index contributed by atoms with van der Waals surface area (Å²) in [4.78, 5) is 0. The molecule has 1 atom stereocenters. The van der Waals surface area contributed by atoms with Gasteiger partial charge in [0.1, 0.15) is 11.6 Å². The van der Waals surface area contributed by atoms with Gasteiger partial charge in [0.25, 0.3) is 0 Å². The van der Waals surface area contributed by atoms with Gasteiger partial charge in [-0.2, -0.15) is 0 Å². The zero-order chi connectivity index (χ0) is 14.5. The topological polar surface area (TPSA) is 47.3 Å². The third-order valence-electron chi connectivity index (χ3n) is 2.98. The standard InChI is InChI=1S/C15H16ClFN2O/c1-2-20-11-8-6-10(7-9-11)15(19-18)14-12(16)4-3-5-13(14)17/h3-9,15,19H,2,18H2,1H3. The Morgan fingerprint density at radius 3 is 2.50 bits per heavy atom. The lowest BCUT2D eigenvalue weighted by molar-refractivity contribution is 0.340. The Bertz CT molecular complexity index is 554. The van der Waals surface area contributed by atoms with Crippen molar-refractivity contribution >= 4 is 11.6 Å². The van der Waals surface area contributed by atoms with Crippen LogP contribution in [0.15, 0.2) is 42.5 Å². The minimum Gasteiger partial charge on any atom is -0.494 e. The Labute approximate surface area is 122 Å². The molecular formula is C15H16ClFN2O. The maximum Gasteiger partial charge on any atom is 0.129 e. The van der Waals surface area contributed by atoms with Crippen LogP contribution >= 0.6 is 11.6 Å². The summed E-state index contributed by atoms with van der Waals surface area (Å²) in [7, 11) is 0. The molecule has 0 heterocycles. The molecule has 2 aromatic rings. The monoisotopic (exact) mass is 294 g/mol. The van der Waals surface area contributed by atoms with E-state index in [1.165, 1.54) is 6.07 Å². The van der Waals surface area contributed by atoms with Crippen LogP contribution in [-0.2, 0) is 0 Å². The lowest BCUT2D eigenvalue weighted by Crippen LogP contribution is -2.29. The second kappa shape index (κ2) is 6.70. The fraction of sp³-hybridized carbons (Fsp3) is 0.200. The SMILES string of the molecule is CCOc1ccc(C(NN)c2c(F)cccc2Cl)cc1. The number of hydrogen-bond donors (Lipinski definition) is 2. The maximum absolute atomic E-state index is 14.0. The van der Waals surface area contributed by atoms with E-state index in [1.54, 1.807) is 12.1 Å². The summed E-state index contributed by atoms with van der Waals surface area (Å²) in [6.45, 7) is 2.51. The molecule has 106 valence electrons. The number of nitrogens with one attached hydrogen (secondary N) is 1. The van der Waals surface area contributed by atoms with Gasteiger partial charge in [-0.05, 0) is 36.8 Å². The van der Waals surface area contributed by atoms with Gasteiger partial charge < -0.3 is 4.74 Å².